The van der Waals surface area contributed by atoms with E-state index in [4.69, 9.17) is 5.73 Å². The number of benzene rings is 1. The van der Waals surface area contributed by atoms with E-state index in [9.17, 15) is 0 Å². The maximum absolute atomic E-state index is 5.51. The molecule has 72 valence electrons. The van der Waals surface area contributed by atoms with Crippen LogP contribution in [0, 0.1) is 6.92 Å². The Morgan fingerprint density at radius 1 is 1.36 bits per heavy atom. The Hall–Kier alpha value is -1.29. The van der Waals surface area contributed by atoms with Crippen LogP contribution in [0.1, 0.15) is 11.1 Å². The van der Waals surface area contributed by atoms with E-state index in [0.717, 1.165) is 17.0 Å². The molecule has 0 aliphatic carbocycles. The molecule has 2 N–H and O–H groups in total. The summed E-state index contributed by atoms with van der Waals surface area (Å²) < 4.78 is 0. The van der Waals surface area contributed by atoms with Gasteiger partial charge in [-0.25, -0.2) is 0 Å². The van der Waals surface area contributed by atoms with E-state index in [1.54, 1.807) is 0 Å². The first-order valence-electron chi connectivity index (χ1n) is 4.35. The van der Waals surface area contributed by atoms with Gasteiger partial charge in [0.05, 0.1) is 5.71 Å². The minimum atomic E-state index is 0.543. The number of amidine groups is 1. The SMILES string of the molecule is Cc1cccc(C2=NN=C(N)SC2)c1. The van der Waals surface area contributed by atoms with Crippen molar-refractivity contribution in [2.75, 3.05) is 5.75 Å². The lowest BCUT2D eigenvalue weighted by Crippen LogP contribution is -2.16. The Balaban J connectivity index is 2.32. The summed E-state index contributed by atoms with van der Waals surface area (Å²) >= 11 is 1.52. The third-order valence-electron chi connectivity index (χ3n) is 1.98. The van der Waals surface area contributed by atoms with E-state index < -0.39 is 0 Å². The highest BCUT2D eigenvalue weighted by Crippen LogP contribution is 2.14. The summed E-state index contributed by atoms with van der Waals surface area (Å²) in [5, 5.41) is 8.49. The minimum absolute atomic E-state index is 0.543. The molecule has 1 aromatic carbocycles. The number of rotatable bonds is 1. The molecular formula is C10H11N3S. The summed E-state index contributed by atoms with van der Waals surface area (Å²) in [6.45, 7) is 2.07. The number of hydrogen-bond acceptors (Lipinski definition) is 4. The molecule has 3 nitrogen and oxygen atoms in total. The van der Waals surface area contributed by atoms with E-state index in [0.29, 0.717) is 5.17 Å². The molecule has 4 heteroatoms. The highest BCUT2D eigenvalue weighted by Gasteiger charge is 2.09. The number of hydrogen-bond donors (Lipinski definition) is 1. The van der Waals surface area contributed by atoms with Crippen LogP contribution in [0.2, 0.25) is 0 Å². The van der Waals surface area contributed by atoms with Gasteiger partial charge < -0.3 is 5.73 Å². The van der Waals surface area contributed by atoms with Gasteiger partial charge in [-0.05, 0) is 12.5 Å². The second-order valence-corrected chi connectivity index (χ2v) is 4.14. The maximum Gasteiger partial charge on any atom is 0.180 e. The monoisotopic (exact) mass is 205 g/mol. The van der Waals surface area contributed by atoms with Crippen LogP contribution in [0.15, 0.2) is 34.5 Å². The van der Waals surface area contributed by atoms with Crippen LogP contribution in [0.4, 0.5) is 0 Å². The molecule has 2 rings (SSSR count). The van der Waals surface area contributed by atoms with Gasteiger partial charge in [0, 0.05) is 5.75 Å². The van der Waals surface area contributed by atoms with Crippen LogP contribution >= 0.6 is 11.8 Å². The average Bonchev–Trinajstić information content (AvgIpc) is 2.19. The minimum Gasteiger partial charge on any atom is -0.377 e. The topological polar surface area (TPSA) is 50.7 Å². The Kier molecular flexibility index (Phi) is 2.54. The van der Waals surface area contributed by atoms with Crippen molar-refractivity contribution in [2.45, 2.75) is 6.92 Å². The normalized spacial score (nSPS) is 16.1. The molecule has 1 heterocycles. The average molecular weight is 205 g/mol. The smallest absolute Gasteiger partial charge is 0.180 e. The summed E-state index contributed by atoms with van der Waals surface area (Å²) in [6, 6.07) is 8.25. The van der Waals surface area contributed by atoms with Crippen molar-refractivity contribution in [3.05, 3.63) is 35.4 Å². The van der Waals surface area contributed by atoms with Gasteiger partial charge in [0.25, 0.3) is 0 Å². The molecule has 0 atom stereocenters. The number of nitrogens with two attached hydrogens (primary N) is 1. The van der Waals surface area contributed by atoms with Crippen LogP contribution in [0.5, 0.6) is 0 Å². The lowest BCUT2D eigenvalue weighted by molar-refractivity contribution is 1.22. The van der Waals surface area contributed by atoms with Gasteiger partial charge in [0.15, 0.2) is 5.17 Å². The van der Waals surface area contributed by atoms with Crippen LogP contribution in [-0.4, -0.2) is 16.6 Å². The van der Waals surface area contributed by atoms with Gasteiger partial charge >= 0.3 is 0 Å². The Labute approximate surface area is 87.1 Å². The van der Waals surface area contributed by atoms with Crippen molar-refractivity contribution >= 4 is 22.6 Å². The van der Waals surface area contributed by atoms with E-state index >= 15 is 0 Å². The fourth-order valence-electron chi connectivity index (χ4n) is 1.28. The third kappa shape index (κ3) is 1.96. The van der Waals surface area contributed by atoms with E-state index in [2.05, 4.69) is 29.3 Å². The van der Waals surface area contributed by atoms with Gasteiger partial charge in [0.2, 0.25) is 0 Å². The van der Waals surface area contributed by atoms with Crippen molar-refractivity contribution in [3.63, 3.8) is 0 Å². The van der Waals surface area contributed by atoms with Gasteiger partial charge in [-0.15, -0.1) is 5.10 Å². The summed E-state index contributed by atoms with van der Waals surface area (Å²) in [4.78, 5) is 0. The van der Waals surface area contributed by atoms with Crippen LogP contribution < -0.4 is 5.73 Å². The van der Waals surface area contributed by atoms with Crippen LogP contribution in [-0.2, 0) is 0 Å². The second-order valence-electron chi connectivity index (χ2n) is 3.14. The molecular weight excluding hydrogens is 194 g/mol. The Morgan fingerprint density at radius 2 is 2.21 bits per heavy atom. The van der Waals surface area contributed by atoms with Crippen molar-refractivity contribution in [1.29, 1.82) is 0 Å². The number of aryl methyl sites for hydroxylation is 1. The Morgan fingerprint density at radius 3 is 2.86 bits per heavy atom. The molecule has 0 spiro atoms. The van der Waals surface area contributed by atoms with Crippen molar-refractivity contribution in [3.8, 4) is 0 Å². The second kappa shape index (κ2) is 3.84. The van der Waals surface area contributed by atoms with Gasteiger partial charge in [-0.3, -0.25) is 0 Å². The zero-order valence-corrected chi connectivity index (χ0v) is 8.71. The van der Waals surface area contributed by atoms with E-state index in [-0.39, 0.29) is 0 Å². The fraction of sp³-hybridized carbons (Fsp3) is 0.200. The van der Waals surface area contributed by atoms with Gasteiger partial charge in [-0.2, -0.15) is 5.10 Å². The first kappa shape index (κ1) is 9.27. The quantitative estimate of drug-likeness (QED) is 0.759. The summed E-state index contributed by atoms with van der Waals surface area (Å²) in [5.74, 6) is 0.804. The van der Waals surface area contributed by atoms with Crippen LogP contribution in [0.25, 0.3) is 0 Å². The number of nitrogens with zero attached hydrogens (tertiary/aromatic N) is 2. The molecule has 14 heavy (non-hydrogen) atoms. The van der Waals surface area contributed by atoms with Crippen molar-refractivity contribution < 1.29 is 0 Å². The maximum atomic E-state index is 5.51. The number of thioether (sulfide) groups is 1. The molecule has 1 aliphatic rings. The largest absolute Gasteiger partial charge is 0.377 e. The summed E-state index contributed by atoms with van der Waals surface area (Å²) in [6.07, 6.45) is 0. The summed E-state index contributed by atoms with van der Waals surface area (Å²) in [7, 11) is 0. The van der Waals surface area contributed by atoms with Crippen molar-refractivity contribution in [2.24, 2.45) is 15.9 Å². The summed E-state index contributed by atoms with van der Waals surface area (Å²) in [5.41, 5.74) is 8.87. The van der Waals surface area contributed by atoms with Crippen LogP contribution in [0.3, 0.4) is 0 Å². The predicted octanol–water partition coefficient (Wildman–Crippen LogP) is 1.76. The fourth-order valence-corrected chi connectivity index (χ4v) is 1.88. The molecule has 0 saturated heterocycles. The molecule has 0 bridgehead atoms. The first-order valence-corrected chi connectivity index (χ1v) is 5.34. The molecule has 0 saturated carbocycles. The molecule has 0 unspecified atom stereocenters. The third-order valence-corrected chi connectivity index (χ3v) is 2.77. The highest BCUT2D eigenvalue weighted by molar-refractivity contribution is 8.14. The first-order chi connectivity index (χ1) is 6.75. The van der Waals surface area contributed by atoms with Gasteiger partial charge in [0.1, 0.15) is 0 Å². The zero-order chi connectivity index (χ0) is 9.97. The van der Waals surface area contributed by atoms with Gasteiger partial charge in [-0.1, -0.05) is 41.6 Å². The zero-order valence-electron chi connectivity index (χ0n) is 7.90. The lowest BCUT2D eigenvalue weighted by Gasteiger charge is -2.09. The molecule has 0 amide bonds. The molecule has 0 fully saturated rings. The molecule has 0 aromatic heterocycles. The van der Waals surface area contributed by atoms with E-state index in [1.807, 2.05) is 12.1 Å². The lowest BCUT2D eigenvalue weighted by atomic mass is 10.1. The van der Waals surface area contributed by atoms with E-state index in [1.165, 1.54) is 17.3 Å². The molecule has 0 radical (unpaired) electrons. The Bertz CT molecular complexity index is 410. The predicted molar refractivity (Wildman–Crippen MR) is 61.8 cm³/mol. The van der Waals surface area contributed by atoms with Crippen molar-refractivity contribution in [1.82, 2.24) is 0 Å². The molecule has 1 aromatic rings. The highest BCUT2D eigenvalue weighted by atomic mass is 32.2. The molecule has 1 aliphatic heterocycles. The standard InChI is InChI=1S/C10H11N3S/c1-7-3-2-4-8(5-7)9-6-14-10(11)13-12-9/h2-5H,6H2,1H3,(H2,11,13).